The number of anilines is 9. The van der Waals surface area contributed by atoms with Crippen LogP contribution in [0.25, 0.3) is 98.1 Å². The number of aliphatic hydroxyl groups is 3. The van der Waals surface area contributed by atoms with Gasteiger partial charge in [0.2, 0.25) is 17.3 Å². The van der Waals surface area contributed by atoms with E-state index >= 15 is 0 Å². The van der Waals surface area contributed by atoms with E-state index in [1.54, 1.807) is 0 Å². The number of allylic oxidation sites excluding steroid dienone is 6. The van der Waals surface area contributed by atoms with Crippen molar-refractivity contribution in [3.05, 3.63) is 248 Å². The van der Waals surface area contributed by atoms with Crippen molar-refractivity contribution in [2.24, 2.45) is 62.3 Å². The maximum absolute atomic E-state index is 14.6. The summed E-state index contributed by atoms with van der Waals surface area (Å²) in [6.07, 6.45) is 27.4. The van der Waals surface area contributed by atoms with E-state index in [0.717, 1.165) is 300 Å². The maximum atomic E-state index is 14.6. The Labute approximate surface area is 860 Å². The second-order valence-electron chi connectivity index (χ2n) is 47.3. The molecule has 146 heavy (non-hydrogen) atoms. The quantitative estimate of drug-likeness (QED) is 0.0214. The fourth-order valence-corrected chi connectivity index (χ4v) is 27.9. The van der Waals surface area contributed by atoms with Gasteiger partial charge in [0, 0.05) is 98.8 Å². The lowest BCUT2D eigenvalue weighted by Gasteiger charge is -2.48. The number of carbonyl (C=O) groups excluding carboxylic acids is 3. The molecule has 23 rings (SSSR count). The SMILES string of the molecule is CC(C)CC1(CC(C)C)N=c2/c(=C3/C(=O)C(c4ccc5cccc6c5c4NC(CC(C)C)(CC(C)C)N6)=C3O)ccc3cccc(c23)N1.CC1CC(C)CC2(C1)N=c1/c(=C3/C(=O)C(c4ccc5cccc6c5c4NC4(CC(C)CC(C)C4)N6)=C3O)ccc3cccc(c13)N2.CCCCCC1(CCCCC)N=c2/c(=C3/C(=O)C(c4ccc5cccc6c5c4NC(CCCCC)(CCCCC)N6)=C3O)ccc3cccc(c23)N1. The number of nitrogens with zero attached hydrogens (tertiary/aromatic N) is 3. The number of benzene rings is 12. The predicted octanol–water partition coefficient (Wildman–Crippen LogP) is 28.3. The van der Waals surface area contributed by atoms with E-state index in [4.69, 9.17) is 15.0 Å². The first-order valence-electron chi connectivity index (χ1n) is 55.5. The summed E-state index contributed by atoms with van der Waals surface area (Å²) in [7, 11) is 0. The number of ketones is 3. The van der Waals surface area contributed by atoms with Gasteiger partial charge >= 0.3 is 0 Å². The highest BCUT2D eigenvalue weighted by Gasteiger charge is 2.50. The molecule has 11 aliphatic rings. The van der Waals surface area contributed by atoms with E-state index in [9.17, 15) is 29.7 Å². The van der Waals surface area contributed by atoms with Gasteiger partial charge in [-0.3, -0.25) is 29.4 Å². The molecule has 5 aliphatic carbocycles. The van der Waals surface area contributed by atoms with Crippen LogP contribution in [0.2, 0.25) is 0 Å². The van der Waals surface area contributed by atoms with Crippen molar-refractivity contribution in [2.75, 3.05) is 47.9 Å². The van der Waals surface area contributed by atoms with Crippen LogP contribution in [0.1, 0.15) is 294 Å². The number of aliphatic hydroxyl groups excluding tert-OH is 3. The molecule has 18 nitrogen and oxygen atoms in total. The molecule has 12 aromatic rings. The van der Waals surface area contributed by atoms with Crippen LogP contribution in [0.4, 0.5) is 51.2 Å². The minimum Gasteiger partial charge on any atom is -0.506 e. The first kappa shape index (κ1) is 99.0. The Kier molecular flexibility index (Phi) is 26.5. The molecule has 2 spiro atoms. The standard InChI is InChI=1S/C46H58N4O2.C42H50N4O2.C40H42N4O2/c1-5-9-13-27-45(28-14-10-6-2)47-35-21-17-19-31-23-25-33(41(49-45)37(31)35)39-43(51)40(44(39)52)34-26-24-32-20-18-22-36-38(32)42(34)50-46(48-36,29-15-11-7-3)30-16-12-8-4;1-23(2)19-41(20-24(3)4)43-31-13-9-11-27-15-17-29(37(45-41)33(27)31)35-39(47)36(40(35)48)30-18-16-28-12-10-14-32-34(28)38(30)46-42(44-32,21-25(5)6)22-26(7)8;1-21-15-22(2)18-39(17-21)41-29-9-5-7-25-11-13-27(35(43-39)31(25)29)33-37(45)34(38(33)46)28-14-12-26-8-6-10-30-32(26)36(28)44-40(42-30)19-23(3)16-24(4)20-40/h17-26,47-49,51H,5-16,27-30H2,1-4H3;9-18,23-26,43-45,47H,19-22H2,1-8H3;5-14,21-24,41-43,45H,15-20H2,1-4H3/b40-34+;36-30+;34-28+. The van der Waals surface area contributed by atoms with Gasteiger partial charge in [-0.2, -0.15) is 0 Å². The van der Waals surface area contributed by atoms with Crippen LogP contribution in [-0.4, -0.2) is 66.6 Å². The van der Waals surface area contributed by atoms with Crippen molar-refractivity contribution < 1.29 is 29.7 Å². The fraction of sp³-hybridized carbons (Fsp3) is 0.438. The lowest BCUT2D eigenvalue weighted by molar-refractivity contribution is -0.110. The predicted molar refractivity (Wildman–Crippen MR) is 608 cm³/mol. The second kappa shape index (κ2) is 39.0. The van der Waals surface area contributed by atoms with Crippen molar-refractivity contribution in [2.45, 2.75) is 312 Å². The van der Waals surface area contributed by atoms with Crippen LogP contribution in [0.3, 0.4) is 0 Å². The van der Waals surface area contributed by atoms with E-state index in [1.165, 1.54) is 25.7 Å². The highest BCUT2D eigenvalue weighted by atomic mass is 16.3. The molecular formula is C128H150N12O6. The van der Waals surface area contributed by atoms with Crippen LogP contribution in [0, 0.1) is 47.3 Å². The minimum absolute atomic E-state index is 0.0480. The van der Waals surface area contributed by atoms with E-state index in [1.807, 2.05) is 42.5 Å². The zero-order chi connectivity index (χ0) is 102. The zero-order valence-electron chi connectivity index (χ0n) is 88.7. The van der Waals surface area contributed by atoms with Gasteiger partial charge in [0.1, 0.15) is 51.3 Å². The molecule has 4 unspecified atom stereocenters. The monoisotopic (exact) mass is 1950 g/mol. The average Bonchev–Trinajstić information content (AvgIpc) is 0.707. The van der Waals surface area contributed by atoms with Crippen LogP contribution in [0.5, 0.6) is 0 Å². The average molecular weight is 1950 g/mol. The molecule has 18 heteroatoms. The molecule has 6 heterocycles. The molecule has 758 valence electrons. The third-order valence-corrected chi connectivity index (χ3v) is 33.1. The van der Waals surface area contributed by atoms with Gasteiger partial charge in [-0.05, 0) is 232 Å². The lowest BCUT2D eigenvalue weighted by atomic mass is 9.74. The Hall–Kier alpha value is -13.0. The molecule has 0 radical (unpaired) electrons. The maximum Gasteiger partial charge on any atom is 0.201 e. The molecule has 0 amide bonds. The highest BCUT2D eigenvalue weighted by Crippen LogP contribution is 2.55. The summed E-state index contributed by atoms with van der Waals surface area (Å²) in [6, 6.07) is 62.5. The number of hydrogen-bond donors (Lipinski definition) is 12. The topological polar surface area (TPSA) is 257 Å². The van der Waals surface area contributed by atoms with Crippen molar-refractivity contribution >= 4 is 167 Å². The van der Waals surface area contributed by atoms with Crippen molar-refractivity contribution in [1.29, 1.82) is 0 Å². The molecule has 2 saturated carbocycles. The molecule has 0 aromatic heterocycles. The summed E-state index contributed by atoms with van der Waals surface area (Å²) in [5.74, 6) is 3.77. The summed E-state index contributed by atoms with van der Waals surface area (Å²) < 4.78 is 0. The van der Waals surface area contributed by atoms with E-state index in [0.29, 0.717) is 86.0 Å². The Morgan fingerprint density at radius 1 is 0.295 bits per heavy atom. The van der Waals surface area contributed by atoms with Crippen molar-refractivity contribution in [3.8, 4) is 0 Å². The number of unbranched alkanes of at least 4 members (excludes halogenated alkanes) is 8. The van der Waals surface area contributed by atoms with Crippen molar-refractivity contribution in [1.82, 2.24) is 0 Å². The first-order valence-corrected chi connectivity index (χ1v) is 55.5. The molecule has 0 saturated heterocycles. The number of hydrogen-bond acceptors (Lipinski definition) is 18. The van der Waals surface area contributed by atoms with Gasteiger partial charge in [-0.25, -0.2) is 0 Å². The van der Waals surface area contributed by atoms with E-state index < -0.39 is 17.0 Å². The van der Waals surface area contributed by atoms with Gasteiger partial charge in [-0.15, -0.1) is 0 Å². The van der Waals surface area contributed by atoms with Gasteiger partial charge < -0.3 is 63.2 Å². The Balaban J connectivity index is 0.000000129. The number of rotatable bonds is 27. The zero-order valence-corrected chi connectivity index (χ0v) is 88.7. The molecule has 0 bridgehead atoms. The second-order valence-corrected chi connectivity index (χ2v) is 47.3. The van der Waals surface area contributed by atoms with E-state index in [-0.39, 0.29) is 51.6 Å². The summed E-state index contributed by atoms with van der Waals surface area (Å²) >= 11 is 0. The first-order chi connectivity index (χ1) is 70.3. The van der Waals surface area contributed by atoms with Gasteiger partial charge in [-0.1, -0.05) is 308 Å². The summed E-state index contributed by atoms with van der Waals surface area (Å²) in [4.78, 5) is 59.9. The third-order valence-electron chi connectivity index (χ3n) is 33.1. The third kappa shape index (κ3) is 17.8. The highest BCUT2D eigenvalue weighted by molar-refractivity contribution is 6.54. The number of Topliss-reactive ketones (excluding diaryl/α,β-unsaturated/α-hetero) is 3. The van der Waals surface area contributed by atoms with Crippen LogP contribution < -0.4 is 79.6 Å². The molecule has 12 aromatic carbocycles. The minimum atomic E-state index is -0.499. The largest absolute Gasteiger partial charge is 0.506 e. The molecule has 2 fully saturated rings. The van der Waals surface area contributed by atoms with E-state index in [2.05, 4.69) is 298 Å². The number of nitrogens with one attached hydrogen (secondary N) is 9. The normalized spacial score (nSPS) is 22.7. The summed E-state index contributed by atoms with van der Waals surface area (Å²) in [6.45, 7) is 36.2. The van der Waals surface area contributed by atoms with Gasteiger partial charge in [0.15, 0.2) is 0 Å². The van der Waals surface area contributed by atoms with Crippen molar-refractivity contribution in [3.63, 3.8) is 0 Å². The Bertz CT molecular complexity index is 7810. The Morgan fingerprint density at radius 3 is 0.966 bits per heavy atom. The summed E-state index contributed by atoms with van der Waals surface area (Å²) in [5.41, 5.74) is 11.5. The lowest BCUT2D eigenvalue weighted by Crippen LogP contribution is -2.53. The molecule has 12 N–H and O–H groups in total. The van der Waals surface area contributed by atoms with Crippen LogP contribution in [0.15, 0.2) is 214 Å². The molecule has 4 atom stereocenters. The molecule has 6 aliphatic heterocycles. The van der Waals surface area contributed by atoms with Gasteiger partial charge in [0.25, 0.3) is 0 Å². The Morgan fingerprint density at radius 2 is 0.596 bits per heavy atom. The van der Waals surface area contributed by atoms with Gasteiger partial charge in [0.05, 0.1) is 66.6 Å². The summed E-state index contributed by atoms with van der Waals surface area (Å²) in [5, 5.41) is 88.5. The fourth-order valence-electron chi connectivity index (χ4n) is 27.9. The van der Waals surface area contributed by atoms with Crippen LogP contribution >= 0.6 is 0 Å². The number of carbonyl (C=O) groups is 3. The molecular weight excluding hydrogens is 1800 g/mol. The smallest absolute Gasteiger partial charge is 0.201 e. The van der Waals surface area contributed by atoms with Crippen LogP contribution in [-0.2, 0) is 14.4 Å².